The van der Waals surface area contributed by atoms with E-state index in [0.717, 1.165) is 15.4 Å². The number of nitrogens with one attached hydrogen (secondary N) is 1. The van der Waals surface area contributed by atoms with Gasteiger partial charge in [-0.25, -0.2) is 12.8 Å². The van der Waals surface area contributed by atoms with E-state index < -0.39 is 40.2 Å². The Bertz CT molecular complexity index is 1650. The fourth-order valence-corrected chi connectivity index (χ4v) is 6.37. The van der Waals surface area contributed by atoms with Crippen LogP contribution in [0.15, 0.2) is 114 Å². The molecule has 4 aromatic carbocycles. The minimum absolute atomic E-state index is 0.0194. The second kappa shape index (κ2) is 14.8. The Labute approximate surface area is 259 Å². The van der Waals surface area contributed by atoms with E-state index in [2.05, 4.69) is 5.32 Å². The summed E-state index contributed by atoms with van der Waals surface area (Å²) >= 11 is 0. The van der Waals surface area contributed by atoms with Gasteiger partial charge in [0, 0.05) is 25.1 Å². The lowest BCUT2D eigenvalue weighted by Crippen LogP contribution is -2.53. The topological polar surface area (TPSA) is 86.8 Å². The maximum atomic E-state index is 14.9. The number of anilines is 1. The summed E-state index contributed by atoms with van der Waals surface area (Å²) in [4.78, 5) is 29.2. The monoisotopic (exact) mass is 615 g/mol. The third-order valence-electron chi connectivity index (χ3n) is 7.38. The minimum atomic E-state index is -4.20. The maximum Gasteiger partial charge on any atom is 0.264 e. The van der Waals surface area contributed by atoms with Gasteiger partial charge in [0.25, 0.3) is 10.0 Å². The van der Waals surface area contributed by atoms with Gasteiger partial charge in [-0.15, -0.1) is 0 Å². The molecule has 1 N–H and O–H groups in total. The third kappa shape index (κ3) is 7.90. The lowest BCUT2D eigenvalue weighted by atomic mass is 10.0. The first-order chi connectivity index (χ1) is 21.1. The van der Waals surface area contributed by atoms with Crippen LogP contribution >= 0.6 is 0 Å². The number of rotatable bonds is 13. The molecule has 0 aliphatic heterocycles. The number of carbonyl (C=O) groups is 2. The molecule has 0 aliphatic rings. The van der Waals surface area contributed by atoms with Gasteiger partial charge in [-0.2, -0.15) is 0 Å². The van der Waals surface area contributed by atoms with Crippen LogP contribution in [0.5, 0.6) is 0 Å². The van der Waals surface area contributed by atoms with E-state index in [9.17, 15) is 22.4 Å². The molecule has 9 heteroatoms. The van der Waals surface area contributed by atoms with E-state index in [-0.39, 0.29) is 29.3 Å². The summed E-state index contributed by atoms with van der Waals surface area (Å²) in [7, 11) is -4.20. The van der Waals surface area contributed by atoms with Gasteiger partial charge in [0.15, 0.2) is 0 Å². The number of hydrogen-bond acceptors (Lipinski definition) is 4. The van der Waals surface area contributed by atoms with Crippen molar-refractivity contribution in [2.45, 2.75) is 50.6 Å². The van der Waals surface area contributed by atoms with Gasteiger partial charge in [0.1, 0.15) is 18.4 Å². The Morgan fingerprint density at radius 3 is 2.00 bits per heavy atom. The van der Waals surface area contributed by atoms with E-state index in [1.54, 1.807) is 55.5 Å². The van der Waals surface area contributed by atoms with Crippen LogP contribution in [0.4, 0.5) is 10.1 Å². The van der Waals surface area contributed by atoms with Gasteiger partial charge in [-0.3, -0.25) is 13.9 Å². The van der Waals surface area contributed by atoms with E-state index >= 15 is 0 Å². The van der Waals surface area contributed by atoms with Crippen LogP contribution in [-0.4, -0.2) is 44.3 Å². The second-order valence-corrected chi connectivity index (χ2v) is 12.6. The maximum absolute atomic E-state index is 14.9. The average molecular weight is 616 g/mol. The second-order valence-electron chi connectivity index (χ2n) is 10.8. The van der Waals surface area contributed by atoms with Crippen LogP contribution in [0.2, 0.25) is 0 Å². The first-order valence-corrected chi connectivity index (χ1v) is 16.1. The molecule has 0 spiro atoms. The average Bonchev–Trinajstić information content (AvgIpc) is 3.03. The molecule has 0 radical (unpaired) electrons. The zero-order valence-electron chi connectivity index (χ0n) is 25.2. The SMILES string of the molecule is CCNC(=O)[C@H](Cc1ccccc1)N(Cc1ccccc1F)C(=O)CN(c1ccc(C(C)C)cc1)S(=O)(=O)c1ccccc1. The predicted octanol–water partition coefficient (Wildman–Crippen LogP) is 5.92. The largest absolute Gasteiger partial charge is 0.355 e. The zero-order valence-corrected chi connectivity index (χ0v) is 26.0. The van der Waals surface area contributed by atoms with Crippen molar-refractivity contribution in [2.75, 3.05) is 17.4 Å². The quantitative estimate of drug-likeness (QED) is 0.202. The van der Waals surface area contributed by atoms with Crippen molar-refractivity contribution in [1.29, 1.82) is 0 Å². The molecule has 4 aromatic rings. The molecule has 0 unspecified atom stereocenters. The van der Waals surface area contributed by atoms with Crippen LogP contribution < -0.4 is 9.62 Å². The predicted molar refractivity (Wildman–Crippen MR) is 171 cm³/mol. The highest BCUT2D eigenvalue weighted by molar-refractivity contribution is 7.92. The molecule has 0 bridgehead atoms. The molecule has 2 amide bonds. The van der Waals surface area contributed by atoms with Crippen LogP contribution in [0.25, 0.3) is 0 Å². The molecule has 1 atom stereocenters. The Balaban J connectivity index is 1.80. The summed E-state index contributed by atoms with van der Waals surface area (Å²) in [6, 6.07) is 29.1. The van der Waals surface area contributed by atoms with Crippen molar-refractivity contribution >= 4 is 27.5 Å². The fourth-order valence-electron chi connectivity index (χ4n) is 4.93. The summed E-state index contributed by atoms with van der Waals surface area (Å²) in [6.07, 6.45) is 0.154. The summed E-state index contributed by atoms with van der Waals surface area (Å²) in [5.41, 5.74) is 2.32. The van der Waals surface area contributed by atoms with Gasteiger partial charge in [0.05, 0.1) is 10.6 Å². The number of likely N-dealkylation sites (N-methyl/N-ethyl adjacent to an activating group) is 1. The molecular weight excluding hydrogens is 577 g/mol. The first-order valence-electron chi connectivity index (χ1n) is 14.6. The molecule has 0 fully saturated rings. The van der Waals surface area contributed by atoms with Crippen LogP contribution in [0, 0.1) is 5.82 Å². The number of benzene rings is 4. The van der Waals surface area contributed by atoms with Crippen LogP contribution in [-0.2, 0) is 32.6 Å². The van der Waals surface area contributed by atoms with E-state index in [1.807, 2.05) is 56.3 Å². The van der Waals surface area contributed by atoms with E-state index in [0.29, 0.717) is 12.2 Å². The number of amides is 2. The highest BCUT2D eigenvalue weighted by Gasteiger charge is 2.34. The molecule has 0 saturated carbocycles. The molecule has 0 aliphatic carbocycles. The molecule has 7 nitrogen and oxygen atoms in total. The summed E-state index contributed by atoms with van der Waals surface area (Å²) < 4.78 is 44.1. The van der Waals surface area contributed by atoms with Gasteiger partial charge in [-0.05, 0) is 54.3 Å². The molecule has 230 valence electrons. The van der Waals surface area contributed by atoms with Crippen molar-refractivity contribution in [2.24, 2.45) is 0 Å². The van der Waals surface area contributed by atoms with Gasteiger partial charge >= 0.3 is 0 Å². The molecule has 0 saturated heterocycles. The summed E-state index contributed by atoms with van der Waals surface area (Å²) in [5.74, 6) is -1.37. The normalized spacial score (nSPS) is 12.0. The van der Waals surface area contributed by atoms with Crippen molar-refractivity contribution in [1.82, 2.24) is 10.2 Å². The van der Waals surface area contributed by atoms with E-state index in [4.69, 9.17) is 0 Å². The van der Waals surface area contributed by atoms with Gasteiger partial charge in [0.2, 0.25) is 11.8 Å². The van der Waals surface area contributed by atoms with Gasteiger partial charge in [-0.1, -0.05) is 92.7 Å². The third-order valence-corrected chi connectivity index (χ3v) is 9.17. The zero-order chi connectivity index (χ0) is 31.7. The van der Waals surface area contributed by atoms with Gasteiger partial charge < -0.3 is 10.2 Å². The minimum Gasteiger partial charge on any atom is -0.355 e. The lowest BCUT2D eigenvalue weighted by Gasteiger charge is -2.34. The Morgan fingerprint density at radius 2 is 1.41 bits per heavy atom. The number of nitrogens with zero attached hydrogens (tertiary/aromatic N) is 2. The highest BCUT2D eigenvalue weighted by atomic mass is 32.2. The Hall–Kier alpha value is -4.50. The molecule has 0 aromatic heterocycles. The highest BCUT2D eigenvalue weighted by Crippen LogP contribution is 2.27. The molecular formula is C35H38FN3O4S. The first kappa shape index (κ1) is 32.4. The fraction of sp³-hybridized carbons (Fsp3) is 0.257. The summed E-state index contributed by atoms with van der Waals surface area (Å²) in [5, 5.41) is 2.80. The van der Waals surface area contributed by atoms with Crippen LogP contribution in [0.1, 0.15) is 43.4 Å². The standard InChI is InChI=1S/C35H38FN3O4S/c1-4-37-35(41)33(23-27-13-7-5-8-14-27)38(24-29-15-11-12-18-32(29)36)34(40)25-39(30-21-19-28(20-22-30)26(2)3)44(42,43)31-16-9-6-10-17-31/h5-22,26,33H,4,23-25H2,1-3H3,(H,37,41)/t33-/m0/s1. The summed E-state index contributed by atoms with van der Waals surface area (Å²) in [6.45, 7) is 5.33. The van der Waals surface area contributed by atoms with Crippen LogP contribution in [0.3, 0.4) is 0 Å². The number of carbonyl (C=O) groups excluding carboxylic acids is 2. The molecule has 0 heterocycles. The van der Waals surface area contributed by atoms with Crippen molar-refractivity contribution < 1.29 is 22.4 Å². The molecule has 44 heavy (non-hydrogen) atoms. The lowest BCUT2D eigenvalue weighted by molar-refractivity contribution is -0.140. The van der Waals surface area contributed by atoms with Crippen molar-refractivity contribution in [3.63, 3.8) is 0 Å². The number of hydrogen-bond donors (Lipinski definition) is 1. The van der Waals surface area contributed by atoms with E-state index in [1.165, 1.54) is 23.1 Å². The Morgan fingerprint density at radius 1 is 0.818 bits per heavy atom. The number of halogens is 1. The number of sulfonamides is 1. The smallest absolute Gasteiger partial charge is 0.264 e. The van der Waals surface area contributed by atoms with Crippen molar-refractivity contribution in [3.05, 3.63) is 132 Å². The molecule has 4 rings (SSSR count). The Kier molecular flexibility index (Phi) is 10.9. The van der Waals surface area contributed by atoms with Crippen molar-refractivity contribution in [3.8, 4) is 0 Å².